The van der Waals surface area contributed by atoms with Crippen LogP contribution < -0.4 is 0 Å². The van der Waals surface area contributed by atoms with Crippen LogP contribution >= 0.6 is 0 Å². The van der Waals surface area contributed by atoms with E-state index in [1.807, 2.05) is 6.92 Å². The second-order valence-electron chi connectivity index (χ2n) is 3.30. The Morgan fingerprint density at radius 3 is 2.86 bits per heavy atom. The standard InChI is InChI=1S/C11H14FNO/c1-3-4-9-5-10(8(2)12)11(7-14)13-6-9/h5-8H,3-4H2,1-2H3. The minimum absolute atomic E-state index is 0.208. The summed E-state index contributed by atoms with van der Waals surface area (Å²) in [5, 5.41) is 0. The van der Waals surface area contributed by atoms with Crippen LogP contribution in [0.1, 0.15) is 48.1 Å². The molecule has 0 aliphatic carbocycles. The van der Waals surface area contributed by atoms with Gasteiger partial charge in [-0.1, -0.05) is 13.3 Å². The Labute approximate surface area is 83.2 Å². The van der Waals surface area contributed by atoms with Crippen molar-refractivity contribution in [2.75, 3.05) is 0 Å². The lowest BCUT2D eigenvalue weighted by Gasteiger charge is -2.07. The highest BCUT2D eigenvalue weighted by molar-refractivity contribution is 5.74. The first-order valence-corrected chi connectivity index (χ1v) is 4.77. The fraction of sp³-hybridized carbons (Fsp3) is 0.455. The number of halogens is 1. The fourth-order valence-corrected chi connectivity index (χ4v) is 1.38. The van der Waals surface area contributed by atoms with E-state index in [-0.39, 0.29) is 5.69 Å². The van der Waals surface area contributed by atoms with Gasteiger partial charge in [0.05, 0.1) is 0 Å². The fourth-order valence-electron chi connectivity index (χ4n) is 1.38. The first-order valence-electron chi connectivity index (χ1n) is 4.77. The number of aromatic nitrogens is 1. The number of carbonyl (C=O) groups is 1. The SMILES string of the molecule is CCCc1cnc(C=O)c(C(C)F)c1. The van der Waals surface area contributed by atoms with Gasteiger partial charge >= 0.3 is 0 Å². The van der Waals surface area contributed by atoms with Gasteiger partial charge in [-0.3, -0.25) is 9.78 Å². The van der Waals surface area contributed by atoms with Crippen molar-refractivity contribution >= 4 is 6.29 Å². The lowest BCUT2D eigenvalue weighted by molar-refractivity contribution is 0.111. The summed E-state index contributed by atoms with van der Waals surface area (Å²) < 4.78 is 13.1. The Bertz CT molecular complexity index is 323. The minimum atomic E-state index is -1.14. The summed E-state index contributed by atoms with van der Waals surface area (Å²) in [5.41, 5.74) is 1.59. The number of pyridine rings is 1. The molecule has 1 atom stereocenters. The average Bonchev–Trinajstić information content (AvgIpc) is 2.18. The topological polar surface area (TPSA) is 30.0 Å². The molecule has 0 radical (unpaired) electrons. The number of nitrogens with zero attached hydrogens (tertiary/aromatic N) is 1. The molecular weight excluding hydrogens is 181 g/mol. The van der Waals surface area contributed by atoms with E-state index in [9.17, 15) is 9.18 Å². The van der Waals surface area contributed by atoms with Gasteiger partial charge < -0.3 is 0 Å². The third kappa shape index (κ3) is 2.37. The van der Waals surface area contributed by atoms with Gasteiger partial charge in [0.15, 0.2) is 6.29 Å². The predicted octanol–water partition coefficient (Wildman–Crippen LogP) is 2.88. The van der Waals surface area contributed by atoms with Crippen LogP contribution in [-0.4, -0.2) is 11.3 Å². The van der Waals surface area contributed by atoms with Gasteiger partial charge in [-0.2, -0.15) is 0 Å². The van der Waals surface area contributed by atoms with Crippen molar-refractivity contribution in [2.24, 2.45) is 0 Å². The summed E-state index contributed by atoms with van der Waals surface area (Å²) in [6.07, 6.45) is 2.95. The largest absolute Gasteiger partial charge is 0.296 e. The van der Waals surface area contributed by atoms with Crippen molar-refractivity contribution in [3.8, 4) is 0 Å². The number of aldehydes is 1. The highest BCUT2D eigenvalue weighted by Crippen LogP contribution is 2.20. The quantitative estimate of drug-likeness (QED) is 0.691. The number of rotatable bonds is 4. The van der Waals surface area contributed by atoms with E-state index in [1.54, 1.807) is 12.3 Å². The second-order valence-corrected chi connectivity index (χ2v) is 3.30. The number of aryl methyl sites for hydroxylation is 1. The van der Waals surface area contributed by atoms with Crippen molar-refractivity contribution in [3.63, 3.8) is 0 Å². The molecule has 1 unspecified atom stereocenters. The van der Waals surface area contributed by atoms with E-state index < -0.39 is 6.17 Å². The van der Waals surface area contributed by atoms with Gasteiger partial charge in [-0.25, -0.2) is 4.39 Å². The summed E-state index contributed by atoms with van der Waals surface area (Å²) in [6, 6.07) is 1.73. The molecule has 0 aromatic carbocycles. The summed E-state index contributed by atoms with van der Waals surface area (Å²) in [6.45, 7) is 3.46. The number of carbonyl (C=O) groups excluding carboxylic acids is 1. The summed E-state index contributed by atoms with van der Waals surface area (Å²) in [5.74, 6) is 0. The van der Waals surface area contributed by atoms with Gasteiger partial charge in [0.25, 0.3) is 0 Å². The molecule has 0 saturated heterocycles. The van der Waals surface area contributed by atoms with E-state index in [2.05, 4.69) is 4.98 Å². The zero-order chi connectivity index (χ0) is 10.6. The normalized spacial score (nSPS) is 12.5. The Kier molecular flexibility index (Phi) is 3.74. The molecular formula is C11H14FNO. The van der Waals surface area contributed by atoms with Crippen LogP contribution in [-0.2, 0) is 6.42 Å². The molecule has 1 aromatic rings. The van der Waals surface area contributed by atoms with E-state index >= 15 is 0 Å². The van der Waals surface area contributed by atoms with E-state index in [4.69, 9.17) is 0 Å². The monoisotopic (exact) mass is 195 g/mol. The lowest BCUT2D eigenvalue weighted by Crippen LogP contribution is -2.00. The van der Waals surface area contributed by atoms with Crippen molar-refractivity contribution in [1.82, 2.24) is 4.98 Å². The molecule has 0 aliphatic heterocycles. The van der Waals surface area contributed by atoms with Crippen LogP contribution in [0.4, 0.5) is 4.39 Å². The molecule has 2 nitrogen and oxygen atoms in total. The molecule has 0 spiro atoms. The molecule has 76 valence electrons. The zero-order valence-corrected chi connectivity index (χ0v) is 8.46. The van der Waals surface area contributed by atoms with E-state index in [0.717, 1.165) is 18.4 Å². The molecule has 1 aromatic heterocycles. The van der Waals surface area contributed by atoms with Crippen LogP contribution in [0, 0.1) is 0 Å². The zero-order valence-electron chi connectivity index (χ0n) is 8.46. The van der Waals surface area contributed by atoms with E-state index in [1.165, 1.54) is 6.92 Å². The molecule has 0 bridgehead atoms. The summed E-state index contributed by atoms with van der Waals surface area (Å²) in [4.78, 5) is 14.5. The summed E-state index contributed by atoms with van der Waals surface area (Å²) in [7, 11) is 0. The Morgan fingerprint density at radius 2 is 2.36 bits per heavy atom. The van der Waals surface area contributed by atoms with E-state index in [0.29, 0.717) is 11.8 Å². The lowest BCUT2D eigenvalue weighted by atomic mass is 10.1. The first-order chi connectivity index (χ1) is 6.69. The van der Waals surface area contributed by atoms with Crippen LogP contribution in [0.15, 0.2) is 12.3 Å². The molecule has 0 saturated carbocycles. The molecule has 1 heterocycles. The Morgan fingerprint density at radius 1 is 1.64 bits per heavy atom. The van der Waals surface area contributed by atoms with Gasteiger partial charge in [-0.15, -0.1) is 0 Å². The van der Waals surface area contributed by atoms with Crippen molar-refractivity contribution < 1.29 is 9.18 Å². The molecule has 3 heteroatoms. The number of hydrogen-bond acceptors (Lipinski definition) is 2. The maximum Gasteiger partial charge on any atom is 0.168 e. The highest BCUT2D eigenvalue weighted by atomic mass is 19.1. The van der Waals surface area contributed by atoms with Gasteiger partial charge in [0, 0.05) is 11.8 Å². The predicted molar refractivity (Wildman–Crippen MR) is 53.1 cm³/mol. The molecule has 0 fully saturated rings. The van der Waals surface area contributed by atoms with Crippen LogP contribution in [0.3, 0.4) is 0 Å². The maximum absolute atomic E-state index is 13.1. The summed E-state index contributed by atoms with van der Waals surface area (Å²) >= 11 is 0. The third-order valence-corrected chi connectivity index (χ3v) is 2.08. The maximum atomic E-state index is 13.1. The average molecular weight is 195 g/mol. The Balaban J connectivity index is 3.07. The van der Waals surface area contributed by atoms with Crippen LogP contribution in [0.5, 0.6) is 0 Å². The van der Waals surface area contributed by atoms with Gasteiger partial charge in [-0.05, 0) is 25.0 Å². The van der Waals surface area contributed by atoms with Gasteiger partial charge in [0.2, 0.25) is 0 Å². The molecule has 0 aliphatic rings. The second kappa shape index (κ2) is 4.84. The van der Waals surface area contributed by atoms with Crippen LogP contribution in [0.25, 0.3) is 0 Å². The van der Waals surface area contributed by atoms with Crippen molar-refractivity contribution in [2.45, 2.75) is 32.9 Å². The first kappa shape index (κ1) is 10.8. The van der Waals surface area contributed by atoms with Crippen LogP contribution in [0.2, 0.25) is 0 Å². The smallest absolute Gasteiger partial charge is 0.168 e. The molecule has 0 amide bonds. The van der Waals surface area contributed by atoms with Gasteiger partial charge in [0.1, 0.15) is 11.9 Å². The molecule has 0 N–H and O–H groups in total. The Hall–Kier alpha value is -1.25. The number of alkyl halides is 1. The molecule has 14 heavy (non-hydrogen) atoms. The molecule has 1 rings (SSSR count). The number of hydrogen-bond donors (Lipinski definition) is 0. The minimum Gasteiger partial charge on any atom is -0.296 e. The third-order valence-electron chi connectivity index (χ3n) is 2.08. The van der Waals surface area contributed by atoms with Crippen molar-refractivity contribution in [1.29, 1.82) is 0 Å². The highest BCUT2D eigenvalue weighted by Gasteiger charge is 2.10. The van der Waals surface area contributed by atoms with Crippen molar-refractivity contribution in [3.05, 3.63) is 29.1 Å².